The Morgan fingerprint density at radius 1 is 1.10 bits per heavy atom. The lowest BCUT2D eigenvalue weighted by molar-refractivity contribution is -0.116. The van der Waals surface area contributed by atoms with Gasteiger partial charge in [0.2, 0.25) is 15.9 Å². The van der Waals surface area contributed by atoms with Gasteiger partial charge in [0.15, 0.2) is 0 Å². The summed E-state index contributed by atoms with van der Waals surface area (Å²) in [6, 6.07) is 10.8. The van der Waals surface area contributed by atoms with Crippen molar-refractivity contribution >= 4 is 50.7 Å². The van der Waals surface area contributed by atoms with E-state index in [1.165, 1.54) is 4.31 Å². The zero-order chi connectivity index (χ0) is 21.5. The van der Waals surface area contributed by atoms with Crippen molar-refractivity contribution in [3.8, 4) is 0 Å². The highest BCUT2D eigenvalue weighted by molar-refractivity contribution is 8.00. The van der Waals surface area contributed by atoms with E-state index in [1.807, 2.05) is 32.0 Å². The van der Waals surface area contributed by atoms with Gasteiger partial charge < -0.3 is 10.2 Å². The van der Waals surface area contributed by atoms with Crippen LogP contribution in [0.4, 0.5) is 11.4 Å². The first-order valence-corrected chi connectivity index (χ1v) is 12.6. The molecule has 9 heteroatoms. The minimum absolute atomic E-state index is 0.0891. The molecule has 0 bridgehead atoms. The molecular formula is C21H24ClN3O3S2. The van der Waals surface area contributed by atoms with Crippen LogP contribution in [-0.2, 0) is 14.8 Å². The van der Waals surface area contributed by atoms with Crippen molar-refractivity contribution in [3.05, 3.63) is 47.0 Å². The fourth-order valence-corrected chi connectivity index (χ4v) is 6.50. The first kappa shape index (κ1) is 21.5. The number of halogens is 1. The normalized spacial score (nSPS) is 20.4. The standard InChI is InChI=1S/C21H24ClN3O3S2/c1-14-3-4-16(22)12-19(14)24-7-9-25(10-8-24)30(27,28)17-5-6-20-18(13-17)23-21(26)11-15(2)29-20/h3-6,12-13,15H,7-11H2,1-2H3,(H,23,26)/t15-/m0/s1. The Bertz CT molecular complexity index is 1080. The number of rotatable bonds is 3. The number of piperazine rings is 1. The number of sulfonamides is 1. The number of aryl methyl sites for hydroxylation is 1. The molecular weight excluding hydrogens is 442 g/mol. The van der Waals surface area contributed by atoms with Crippen LogP contribution in [0, 0.1) is 6.92 Å². The fraction of sp³-hybridized carbons (Fsp3) is 0.381. The monoisotopic (exact) mass is 465 g/mol. The number of carbonyl (C=O) groups excluding carboxylic acids is 1. The number of hydrogen-bond donors (Lipinski definition) is 1. The summed E-state index contributed by atoms with van der Waals surface area (Å²) >= 11 is 7.72. The molecule has 1 fully saturated rings. The van der Waals surface area contributed by atoms with Gasteiger partial charge >= 0.3 is 0 Å². The summed E-state index contributed by atoms with van der Waals surface area (Å²) in [6.45, 7) is 5.99. The second-order valence-corrected chi connectivity index (χ2v) is 11.5. The number of carbonyl (C=O) groups is 1. The molecule has 2 aromatic rings. The van der Waals surface area contributed by atoms with Crippen LogP contribution in [-0.4, -0.2) is 50.1 Å². The molecule has 0 unspecified atom stereocenters. The lowest BCUT2D eigenvalue weighted by atomic mass is 10.1. The SMILES string of the molecule is Cc1ccc(Cl)cc1N1CCN(S(=O)(=O)c2ccc3c(c2)NC(=O)C[C@H](C)S3)CC1. The lowest BCUT2D eigenvalue weighted by Crippen LogP contribution is -2.48. The van der Waals surface area contributed by atoms with Gasteiger partial charge in [-0.3, -0.25) is 4.79 Å². The maximum Gasteiger partial charge on any atom is 0.243 e. The van der Waals surface area contributed by atoms with E-state index in [-0.39, 0.29) is 16.1 Å². The summed E-state index contributed by atoms with van der Waals surface area (Å²) in [4.78, 5) is 15.3. The third-order valence-electron chi connectivity index (χ3n) is 5.41. The molecule has 4 rings (SSSR count). The van der Waals surface area contributed by atoms with Gasteiger partial charge in [0.05, 0.1) is 10.6 Å². The van der Waals surface area contributed by atoms with Crippen molar-refractivity contribution < 1.29 is 13.2 Å². The van der Waals surface area contributed by atoms with Crippen molar-refractivity contribution in [2.24, 2.45) is 0 Å². The summed E-state index contributed by atoms with van der Waals surface area (Å²) in [5, 5.41) is 3.67. The molecule has 1 atom stereocenters. The van der Waals surface area contributed by atoms with E-state index in [4.69, 9.17) is 11.6 Å². The zero-order valence-electron chi connectivity index (χ0n) is 16.9. The number of fused-ring (bicyclic) bond motifs is 1. The van der Waals surface area contributed by atoms with Gasteiger partial charge in [0.1, 0.15) is 0 Å². The number of nitrogens with one attached hydrogen (secondary N) is 1. The average molecular weight is 466 g/mol. The number of thioether (sulfide) groups is 1. The largest absolute Gasteiger partial charge is 0.369 e. The van der Waals surface area contributed by atoms with Crippen molar-refractivity contribution in [3.63, 3.8) is 0 Å². The molecule has 160 valence electrons. The van der Waals surface area contributed by atoms with Crippen LogP contribution in [0.25, 0.3) is 0 Å². The Morgan fingerprint density at radius 2 is 1.83 bits per heavy atom. The van der Waals surface area contributed by atoms with Crippen LogP contribution in [0.5, 0.6) is 0 Å². The van der Waals surface area contributed by atoms with E-state index in [2.05, 4.69) is 10.2 Å². The second-order valence-electron chi connectivity index (χ2n) is 7.66. The maximum absolute atomic E-state index is 13.2. The van der Waals surface area contributed by atoms with E-state index in [1.54, 1.807) is 30.0 Å². The fourth-order valence-electron chi connectivity index (χ4n) is 3.83. The van der Waals surface area contributed by atoms with Crippen molar-refractivity contribution in [2.75, 3.05) is 36.4 Å². The third-order valence-corrected chi connectivity index (χ3v) is 8.72. The molecule has 30 heavy (non-hydrogen) atoms. The molecule has 2 aromatic carbocycles. The van der Waals surface area contributed by atoms with Gasteiger partial charge in [0.25, 0.3) is 0 Å². The summed E-state index contributed by atoms with van der Waals surface area (Å²) in [6.07, 6.45) is 0.409. The quantitative estimate of drug-likeness (QED) is 0.742. The van der Waals surface area contributed by atoms with Gasteiger partial charge in [-0.2, -0.15) is 4.31 Å². The van der Waals surface area contributed by atoms with Crippen LogP contribution in [0.15, 0.2) is 46.2 Å². The molecule has 1 saturated heterocycles. The summed E-state index contributed by atoms with van der Waals surface area (Å²) in [5.74, 6) is -0.0891. The Kier molecular flexibility index (Phi) is 6.03. The molecule has 0 aliphatic carbocycles. The van der Waals surface area contributed by atoms with Crippen LogP contribution in [0.3, 0.4) is 0 Å². The van der Waals surface area contributed by atoms with E-state index in [9.17, 15) is 13.2 Å². The molecule has 0 radical (unpaired) electrons. The predicted octanol–water partition coefficient (Wildman–Crippen LogP) is 3.98. The van der Waals surface area contributed by atoms with E-state index in [0.29, 0.717) is 43.3 Å². The Hall–Kier alpha value is -1.74. The molecule has 0 saturated carbocycles. The topological polar surface area (TPSA) is 69.7 Å². The number of benzene rings is 2. The van der Waals surface area contributed by atoms with Gasteiger partial charge in [-0.05, 0) is 42.8 Å². The molecule has 0 spiro atoms. The van der Waals surface area contributed by atoms with Crippen molar-refractivity contribution in [1.29, 1.82) is 0 Å². The Balaban J connectivity index is 1.53. The minimum atomic E-state index is -3.64. The van der Waals surface area contributed by atoms with Gasteiger partial charge in [0, 0.05) is 53.5 Å². The first-order chi connectivity index (χ1) is 14.2. The molecule has 2 heterocycles. The van der Waals surface area contributed by atoms with Gasteiger partial charge in [-0.15, -0.1) is 11.8 Å². The molecule has 1 amide bonds. The van der Waals surface area contributed by atoms with Gasteiger partial charge in [-0.25, -0.2) is 8.42 Å². The van der Waals surface area contributed by atoms with Crippen LogP contribution >= 0.6 is 23.4 Å². The number of nitrogens with zero attached hydrogens (tertiary/aromatic N) is 2. The molecule has 2 aliphatic rings. The predicted molar refractivity (Wildman–Crippen MR) is 122 cm³/mol. The van der Waals surface area contributed by atoms with E-state index >= 15 is 0 Å². The van der Waals surface area contributed by atoms with Crippen LogP contribution in [0.1, 0.15) is 18.9 Å². The highest BCUT2D eigenvalue weighted by Crippen LogP contribution is 2.37. The van der Waals surface area contributed by atoms with Crippen LogP contribution in [0.2, 0.25) is 5.02 Å². The smallest absolute Gasteiger partial charge is 0.243 e. The van der Waals surface area contributed by atoms with E-state index < -0.39 is 10.0 Å². The molecule has 0 aromatic heterocycles. The first-order valence-electron chi connectivity index (χ1n) is 9.86. The third kappa shape index (κ3) is 4.32. The summed E-state index contributed by atoms with van der Waals surface area (Å²) < 4.78 is 28.0. The number of amides is 1. The lowest BCUT2D eigenvalue weighted by Gasteiger charge is -2.36. The maximum atomic E-state index is 13.2. The number of hydrogen-bond acceptors (Lipinski definition) is 5. The summed E-state index contributed by atoms with van der Waals surface area (Å²) in [5.41, 5.74) is 2.73. The summed E-state index contributed by atoms with van der Waals surface area (Å²) in [7, 11) is -3.64. The highest BCUT2D eigenvalue weighted by atomic mass is 35.5. The van der Waals surface area contributed by atoms with Gasteiger partial charge in [-0.1, -0.05) is 24.6 Å². The second kappa shape index (κ2) is 8.42. The zero-order valence-corrected chi connectivity index (χ0v) is 19.3. The molecule has 2 aliphatic heterocycles. The highest BCUT2D eigenvalue weighted by Gasteiger charge is 2.30. The van der Waals surface area contributed by atoms with Crippen LogP contribution < -0.4 is 10.2 Å². The van der Waals surface area contributed by atoms with E-state index in [0.717, 1.165) is 16.1 Å². The number of anilines is 2. The Labute approximate surface area is 186 Å². The molecule has 6 nitrogen and oxygen atoms in total. The minimum Gasteiger partial charge on any atom is -0.369 e. The average Bonchev–Trinajstić information content (AvgIpc) is 2.85. The Morgan fingerprint density at radius 3 is 2.57 bits per heavy atom. The molecule has 1 N–H and O–H groups in total. The van der Waals surface area contributed by atoms with Crippen molar-refractivity contribution in [1.82, 2.24) is 4.31 Å². The van der Waals surface area contributed by atoms with Crippen molar-refractivity contribution in [2.45, 2.75) is 35.3 Å².